The summed E-state index contributed by atoms with van der Waals surface area (Å²) in [4.78, 5) is 27.4. The Labute approximate surface area is 203 Å². The summed E-state index contributed by atoms with van der Waals surface area (Å²) in [6.07, 6.45) is -3.41. The number of hydrogen-bond acceptors (Lipinski definition) is 4. The summed E-state index contributed by atoms with van der Waals surface area (Å²) in [7, 11) is -2.32. The third-order valence-corrected chi connectivity index (χ3v) is 8.08. The van der Waals surface area contributed by atoms with Crippen LogP contribution in [0.5, 0.6) is 0 Å². The molecule has 0 aliphatic carbocycles. The molecule has 0 spiro atoms. The van der Waals surface area contributed by atoms with Crippen molar-refractivity contribution >= 4 is 21.8 Å². The summed E-state index contributed by atoms with van der Waals surface area (Å²) < 4.78 is 65.0. The molecule has 1 saturated heterocycles. The largest absolute Gasteiger partial charge is 0.416 e. The number of carbonyl (C=O) groups is 2. The first kappa shape index (κ1) is 26.7. The van der Waals surface area contributed by atoms with Crippen LogP contribution < -0.4 is 5.32 Å². The van der Waals surface area contributed by atoms with Crippen molar-refractivity contribution in [2.75, 3.05) is 13.6 Å². The molecule has 0 unspecified atom stereocenters. The van der Waals surface area contributed by atoms with E-state index in [0.29, 0.717) is 24.9 Å². The van der Waals surface area contributed by atoms with Gasteiger partial charge in [0.25, 0.3) is 5.91 Å². The van der Waals surface area contributed by atoms with Gasteiger partial charge in [0.1, 0.15) is 6.04 Å². The molecule has 1 aliphatic rings. The second kappa shape index (κ2) is 10.4. The highest BCUT2D eigenvalue weighted by molar-refractivity contribution is 7.89. The van der Waals surface area contributed by atoms with Gasteiger partial charge in [0, 0.05) is 31.7 Å². The van der Waals surface area contributed by atoms with Gasteiger partial charge in [0.05, 0.1) is 10.5 Å². The quantitative estimate of drug-likeness (QED) is 0.615. The van der Waals surface area contributed by atoms with Crippen LogP contribution in [0.1, 0.15) is 48.2 Å². The van der Waals surface area contributed by atoms with Gasteiger partial charge in [-0.2, -0.15) is 17.5 Å². The molecule has 2 aromatic carbocycles. The SMILES string of the molecule is CC(C)N(C)S(=O)(=O)c1cccc(C(=O)N2CCC[C@@H]2C(=O)NCc2ccc(C(F)(F)F)cc2)c1. The van der Waals surface area contributed by atoms with Crippen LogP contribution in [-0.4, -0.2) is 55.1 Å². The van der Waals surface area contributed by atoms with E-state index in [2.05, 4.69) is 5.32 Å². The fraction of sp³-hybridized carbons (Fsp3) is 0.417. The molecule has 1 aliphatic heterocycles. The number of alkyl halides is 3. The Hall–Kier alpha value is -2.92. The van der Waals surface area contributed by atoms with Crippen LogP contribution >= 0.6 is 0 Å². The Morgan fingerprint density at radius 2 is 1.80 bits per heavy atom. The van der Waals surface area contributed by atoms with E-state index in [0.717, 1.165) is 12.1 Å². The molecule has 1 heterocycles. The molecule has 2 amide bonds. The lowest BCUT2D eigenvalue weighted by Gasteiger charge is -2.25. The lowest BCUT2D eigenvalue weighted by atomic mass is 10.1. The van der Waals surface area contributed by atoms with Crippen molar-refractivity contribution in [3.63, 3.8) is 0 Å². The predicted molar refractivity (Wildman–Crippen MR) is 124 cm³/mol. The first-order valence-corrected chi connectivity index (χ1v) is 12.6. The lowest BCUT2D eigenvalue weighted by Crippen LogP contribution is -2.45. The van der Waals surface area contributed by atoms with Crippen molar-refractivity contribution < 1.29 is 31.2 Å². The minimum Gasteiger partial charge on any atom is -0.350 e. The summed E-state index contributed by atoms with van der Waals surface area (Å²) in [5.41, 5.74) is -0.121. The Morgan fingerprint density at radius 3 is 2.40 bits per heavy atom. The van der Waals surface area contributed by atoms with Gasteiger partial charge in [-0.1, -0.05) is 18.2 Å². The van der Waals surface area contributed by atoms with Gasteiger partial charge in [-0.05, 0) is 62.6 Å². The molecule has 1 atom stereocenters. The molecule has 3 rings (SSSR count). The number of carbonyl (C=O) groups excluding carboxylic acids is 2. The summed E-state index contributed by atoms with van der Waals surface area (Å²) in [6.45, 7) is 3.83. The van der Waals surface area contributed by atoms with Crippen LogP contribution in [0.4, 0.5) is 13.2 Å². The maximum atomic E-state index is 13.2. The Bertz CT molecular complexity index is 1180. The zero-order chi connectivity index (χ0) is 26.0. The summed E-state index contributed by atoms with van der Waals surface area (Å²) in [5, 5.41) is 2.68. The summed E-state index contributed by atoms with van der Waals surface area (Å²) in [5.74, 6) is -0.875. The lowest BCUT2D eigenvalue weighted by molar-refractivity contribution is -0.137. The number of nitrogens with zero attached hydrogens (tertiary/aromatic N) is 2. The fourth-order valence-electron chi connectivity index (χ4n) is 3.80. The molecular formula is C24H28F3N3O4S. The number of benzene rings is 2. The highest BCUT2D eigenvalue weighted by Gasteiger charge is 2.35. The maximum absolute atomic E-state index is 13.2. The van der Waals surface area contributed by atoms with E-state index in [4.69, 9.17) is 0 Å². The Balaban J connectivity index is 1.70. The first-order chi connectivity index (χ1) is 16.3. The zero-order valence-electron chi connectivity index (χ0n) is 19.7. The molecule has 0 saturated carbocycles. The molecule has 1 fully saturated rings. The molecule has 7 nitrogen and oxygen atoms in total. The van der Waals surface area contributed by atoms with Crippen LogP contribution in [0.3, 0.4) is 0 Å². The molecule has 1 N–H and O–H groups in total. The van der Waals surface area contributed by atoms with Gasteiger partial charge < -0.3 is 10.2 Å². The van der Waals surface area contributed by atoms with Gasteiger partial charge in [-0.15, -0.1) is 0 Å². The molecule has 35 heavy (non-hydrogen) atoms. The van der Waals surface area contributed by atoms with Crippen molar-refractivity contribution in [3.05, 3.63) is 65.2 Å². The minimum atomic E-state index is -4.44. The monoisotopic (exact) mass is 511 g/mol. The predicted octanol–water partition coefficient (Wildman–Crippen LogP) is 3.66. The number of nitrogens with one attached hydrogen (secondary N) is 1. The molecule has 0 aromatic heterocycles. The molecule has 2 aromatic rings. The third-order valence-electron chi connectivity index (χ3n) is 6.05. The Morgan fingerprint density at radius 1 is 1.14 bits per heavy atom. The molecular weight excluding hydrogens is 483 g/mol. The number of hydrogen-bond donors (Lipinski definition) is 1. The molecule has 0 bridgehead atoms. The van der Waals surface area contributed by atoms with Gasteiger partial charge >= 0.3 is 6.18 Å². The van der Waals surface area contributed by atoms with Crippen molar-refractivity contribution in [3.8, 4) is 0 Å². The topological polar surface area (TPSA) is 86.8 Å². The van der Waals surface area contributed by atoms with Crippen molar-refractivity contribution in [2.45, 2.75) is 56.4 Å². The van der Waals surface area contributed by atoms with Gasteiger partial charge in [-0.25, -0.2) is 8.42 Å². The van der Waals surface area contributed by atoms with Crippen LogP contribution in [0.25, 0.3) is 0 Å². The molecule has 190 valence electrons. The maximum Gasteiger partial charge on any atom is 0.416 e. The van der Waals surface area contributed by atoms with Crippen molar-refractivity contribution in [1.29, 1.82) is 0 Å². The minimum absolute atomic E-state index is 0.0120. The number of amides is 2. The molecule has 11 heteroatoms. The van der Waals surface area contributed by atoms with Crippen LogP contribution in [0.15, 0.2) is 53.4 Å². The smallest absolute Gasteiger partial charge is 0.350 e. The van der Waals surface area contributed by atoms with Crippen LogP contribution in [0.2, 0.25) is 0 Å². The van der Waals surface area contributed by atoms with E-state index in [1.54, 1.807) is 13.8 Å². The zero-order valence-corrected chi connectivity index (χ0v) is 20.5. The average molecular weight is 512 g/mol. The highest BCUT2D eigenvalue weighted by atomic mass is 32.2. The standard InChI is InChI=1S/C24H28F3N3O4S/c1-16(2)29(3)35(33,34)20-7-4-6-18(14-20)23(32)30-13-5-8-21(30)22(31)28-15-17-9-11-19(12-10-17)24(25,26)27/h4,6-7,9-12,14,16,21H,5,8,13,15H2,1-3H3,(H,28,31)/t21-/m1/s1. The fourth-order valence-corrected chi connectivity index (χ4v) is 5.21. The van der Waals surface area contributed by atoms with Crippen LogP contribution in [0, 0.1) is 0 Å². The van der Waals surface area contributed by atoms with Crippen LogP contribution in [-0.2, 0) is 27.5 Å². The Kier molecular flexibility index (Phi) is 7.90. The molecule has 0 radical (unpaired) electrons. The van der Waals surface area contributed by atoms with Gasteiger partial charge in [0.2, 0.25) is 15.9 Å². The van der Waals surface area contributed by atoms with Crippen molar-refractivity contribution in [2.24, 2.45) is 0 Å². The van der Waals surface area contributed by atoms with E-state index < -0.39 is 39.6 Å². The first-order valence-electron chi connectivity index (χ1n) is 11.2. The van der Waals surface area contributed by atoms with E-state index in [1.807, 2.05) is 0 Å². The number of sulfonamides is 1. The van der Waals surface area contributed by atoms with E-state index in [1.165, 1.54) is 52.7 Å². The van der Waals surface area contributed by atoms with E-state index in [-0.39, 0.29) is 23.0 Å². The van der Waals surface area contributed by atoms with E-state index in [9.17, 15) is 31.2 Å². The third kappa shape index (κ3) is 6.02. The van der Waals surface area contributed by atoms with E-state index >= 15 is 0 Å². The van der Waals surface area contributed by atoms with Gasteiger partial charge in [0.15, 0.2) is 0 Å². The number of rotatable bonds is 7. The second-order valence-electron chi connectivity index (χ2n) is 8.71. The average Bonchev–Trinajstić information content (AvgIpc) is 3.31. The second-order valence-corrected chi connectivity index (χ2v) is 10.7. The van der Waals surface area contributed by atoms with Gasteiger partial charge in [-0.3, -0.25) is 9.59 Å². The normalized spacial score (nSPS) is 16.7. The number of likely N-dealkylation sites (tertiary alicyclic amines) is 1. The highest BCUT2D eigenvalue weighted by Crippen LogP contribution is 2.29. The summed E-state index contributed by atoms with van der Waals surface area (Å²) in [6, 6.07) is 9.19. The van der Waals surface area contributed by atoms with Crippen molar-refractivity contribution in [1.82, 2.24) is 14.5 Å². The summed E-state index contributed by atoms with van der Waals surface area (Å²) >= 11 is 0. The number of halogens is 3.